The molecule has 3 fully saturated rings. The van der Waals surface area contributed by atoms with Crippen LogP contribution in [-0.4, -0.2) is 82.9 Å². The molecule has 8 nitrogen and oxygen atoms in total. The van der Waals surface area contributed by atoms with E-state index in [-0.39, 0.29) is 60.4 Å². The van der Waals surface area contributed by atoms with Crippen molar-refractivity contribution in [2.24, 2.45) is 0 Å². The molecule has 390 valence electrons. The zero-order valence-electron chi connectivity index (χ0n) is 39.7. The van der Waals surface area contributed by atoms with Crippen LogP contribution in [0.2, 0.25) is 0 Å². The number of halogens is 12. The third-order valence-corrected chi connectivity index (χ3v) is 14.3. The van der Waals surface area contributed by atoms with Gasteiger partial charge in [-0.25, -0.2) is 0 Å². The number of alkyl halides is 12. The summed E-state index contributed by atoms with van der Waals surface area (Å²) in [4.78, 5) is 31.8. The van der Waals surface area contributed by atoms with Crippen LogP contribution in [0.4, 0.5) is 52.7 Å². The normalized spacial score (nSPS) is 24.3. The minimum atomic E-state index is -4.93. The molecule has 0 aliphatic carbocycles. The van der Waals surface area contributed by atoms with Gasteiger partial charge in [0.1, 0.15) is 0 Å². The average Bonchev–Trinajstić information content (AvgIpc) is 3.33. The first kappa shape index (κ1) is 54.2. The fourth-order valence-electron chi connectivity index (χ4n) is 10.3. The van der Waals surface area contributed by atoms with E-state index in [1.165, 1.54) is 20.8 Å². The quantitative estimate of drug-likeness (QED) is 0.148. The lowest BCUT2D eigenvalue weighted by molar-refractivity contribution is -0.145. The predicted octanol–water partition coefficient (Wildman–Crippen LogP) is 12.5. The maximum Gasteiger partial charge on any atom is 0.416 e. The molecule has 20 heteroatoms. The first-order valence-corrected chi connectivity index (χ1v) is 23.3. The number of rotatable bonds is 10. The van der Waals surface area contributed by atoms with E-state index in [0.717, 1.165) is 23.3 Å². The topological polar surface area (TPSA) is 65.6 Å². The van der Waals surface area contributed by atoms with Gasteiger partial charge in [0.15, 0.2) is 0 Å². The molecule has 0 radical (unpaired) electrons. The van der Waals surface area contributed by atoms with E-state index < -0.39 is 70.2 Å². The number of carbonyl (C=O) groups is 2. The van der Waals surface area contributed by atoms with E-state index in [4.69, 9.17) is 9.47 Å². The molecule has 4 heterocycles. The molecule has 4 aliphatic rings. The van der Waals surface area contributed by atoms with E-state index in [2.05, 4.69) is 9.80 Å². The third-order valence-electron chi connectivity index (χ3n) is 14.3. The van der Waals surface area contributed by atoms with Gasteiger partial charge in [-0.1, -0.05) is 60.7 Å². The van der Waals surface area contributed by atoms with E-state index in [1.807, 2.05) is 65.6 Å². The molecule has 2 amide bonds. The summed E-state index contributed by atoms with van der Waals surface area (Å²) in [5, 5.41) is 0. The number of hydrogen-bond donors (Lipinski definition) is 0. The summed E-state index contributed by atoms with van der Waals surface area (Å²) in [7, 11) is 0. The van der Waals surface area contributed by atoms with E-state index >= 15 is 0 Å². The number of nitrogens with zero attached hydrogens (tertiary/aromatic N) is 4. The van der Waals surface area contributed by atoms with Gasteiger partial charge in [0.2, 0.25) is 11.8 Å². The van der Waals surface area contributed by atoms with Crippen molar-refractivity contribution in [3.8, 4) is 0 Å². The number of benzene rings is 4. The van der Waals surface area contributed by atoms with Crippen molar-refractivity contribution >= 4 is 11.8 Å². The van der Waals surface area contributed by atoms with E-state index in [0.29, 0.717) is 64.0 Å². The maximum atomic E-state index is 13.3. The maximum absolute atomic E-state index is 13.3. The van der Waals surface area contributed by atoms with Crippen LogP contribution in [0.1, 0.15) is 110 Å². The number of hydrogen-bond acceptors (Lipinski definition) is 6. The highest BCUT2D eigenvalue weighted by molar-refractivity contribution is 5.75. The van der Waals surface area contributed by atoms with Gasteiger partial charge in [-0.05, 0) is 98.2 Å². The molecule has 4 aliphatic heterocycles. The van der Waals surface area contributed by atoms with Gasteiger partial charge in [-0.2, -0.15) is 52.7 Å². The average molecular weight is 1030 g/mol. The molecule has 0 N–H and O–H groups in total. The second-order valence-corrected chi connectivity index (χ2v) is 18.8. The van der Waals surface area contributed by atoms with Crippen LogP contribution >= 0.6 is 0 Å². The molecule has 72 heavy (non-hydrogen) atoms. The second-order valence-electron chi connectivity index (χ2n) is 18.8. The van der Waals surface area contributed by atoms with Crippen LogP contribution in [0, 0.1) is 0 Å². The smallest absolute Gasteiger partial charge is 0.372 e. The van der Waals surface area contributed by atoms with Gasteiger partial charge in [0, 0.05) is 58.5 Å². The zero-order valence-corrected chi connectivity index (χ0v) is 39.7. The van der Waals surface area contributed by atoms with Crippen molar-refractivity contribution in [3.63, 3.8) is 0 Å². The van der Waals surface area contributed by atoms with Crippen LogP contribution in [0.15, 0.2) is 109 Å². The van der Waals surface area contributed by atoms with Gasteiger partial charge in [0.05, 0.1) is 64.8 Å². The van der Waals surface area contributed by atoms with Crippen LogP contribution in [-0.2, 0) is 54.8 Å². The van der Waals surface area contributed by atoms with E-state index in [1.54, 1.807) is 24.2 Å². The van der Waals surface area contributed by atoms with Crippen molar-refractivity contribution in [1.82, 2.24) is 19.6 Å². The van der Waals surface area contributed by atoms with Crippen LogP contribution in [0.5, 0.6) is 0 Å². The Morgan fingerprint density at radius 1 is 0.556 bits per heavy atom. The third kappa shape index (κ3) is 11.8. The van der Waals surface area contributed by atoms with Gasteiger partial charge in [-0.3, -0.25) is 14.5 Å². The van der Waals surface area contributed by atoms with Gasteiger partial charge < -0.3 is 24.2 Å². The first-order chi connectivity index (χ1) is 33.6. The monoisotopic (exact) mass is 1030 g/mol. The lowest BCUT2D eigenvalue weighted by Gasteiger charge is -2.55. The van der Waals surface area contributed by atoms with Crippen molar-refractivity contribution in [2.45, 2.75) is 113 Å². The standard InChI is InChI=1S/C26H28F6N2O2.C26H26F6N2O2/c2*1-17(19-12-21(25(27,28)29)14-22(13-19)26(30,31)32)36-16-24(20-6-4-3-5-7-20)9-8-23-15-33(24)10-11-34(23)18(2)35/h3-7,12-14,17,23H,8-11,15-16H2,1-2H3;3-7,10-14,17,23H,8-9,15-16H2,1-2H3/t2*17-,23?,24-/m11/s1. The summed E-state index contributed by atoms with van der Waals surface area (Å²) in [6.45, 7) is 8.36. The number of piperidine rings is 2. The van der Waals surface area contributed by atoms with Crippen LogP contribution in [0.25, 0.3) is 0 Å². The molecule has 4 aromatic carbocycles. The minimum absolute atomic E-state index is 0.0155. The lowest BCUT2D eigenvalue weighted by Crippen LogP contribution is -2.65. The Bertz CT molecular complexity index is 2510. The molecule has 4 aromatic rings. The molecule has 0 spiro atoms. The number of fused-ring (bicyclic) bond motifs is 4. The molecule has 3 unspecified atom stereocenters. The number of carbonyl (C=O) groups excluding carboxylic acids is 2. The fourth-order valence-corrected chi connectivity index (χ4v) is 10.3. The highest BCUT2D eigenvalue weighted by atomic mass is 19.4. The zero-order chi connectivity index (χ0) is 52.6. The predicted molar refractivity (Wildman–Crippen MR) is 241 cm³/mol. The van der Waals surface area contributed by atoms with Crippen molar-refractivity contribution in [2.75, 3.05) is 39.4 Å². The summed E-state index contributed by atoms with van der Waals surface area (Å²) in [5.41, 5.74) is -5.27. The summed E-state index contributed by atoms with van der Waals surface area (Å²) >= 11 is 0. The Labute approximate surface area is 409 Å². The molecule has 8 rings (SSSR count). The van der Waals surface area contributed by atoms with E-state index in [9.17, 15) is 62.3 Å². The Balaban J connectivity index is 0.000000211. The Morgan fingerprint density at radius 2 is 0.972 bits per heavy atom. The Kier molecular flexibility index (Phi) is 15.6. The number of amides is 2. The van der Waals surface area contributed by atoms with Crippen molar-refractivity contribution in [3.05, 3.63) is 154 Å². The molecule has 0 saturated carbocycles. The minimum Gasteiger partial charge on any atom is -0.372 e. The lowest BCUT2D eigenvalue weighted by atomic mass is 9.78. The molecule has 0 aromatic heterocycles. The summed E-state index contributed by atoms with van der Waals surface area (Å²) in [6, 6.07) is 22.1. The number of ether oxygens (including phenoxy) is 2. The first-order valence-electron chi connectivity index (χ1n) is 23.3. The van der Waals surface area contributed by atoms with Crippen LogP contribution < -0.4 is 0 Å². The summed E-state index contributed by atoms with van der Waals surface area (Å²) in [6.07, 6.45) is -15.7. The Morgan fingerprint density at radius 3 is 1.40 bits per heavy atom. The molecular formula is C52H54F12N4O4. The van der Waals surface area contributed by atoms with Gasteiger partial charge >= 0.3 is 24.7 Å². The molecule has 7 atom stereocenters. The molecule has 3 saturated heterocycles. The SMILES string of the molecule is CC(=O)N1C=CN2CC1CC[C@@]2(CO[C@H](C)c1cc(C(F)(F)F)cc(C(F)(F)F)c1)c1ccccc1.CC(=O)N1CCN2CC1CC[C@@]2(CO[C@H](C)c1cc(C(F)(F)F)cc(C(F)(F)F)c1)c1ccccc1. The Hall–Kier alpha value is -5.60. The highest BCUT2D eigenvalue weighted by Crippen LogP contribution is 2.46. The largest absolute Gasteiger partial charge is 0.416 e. The molecule has 4 bridgehead atoms. The van der Waals surface area contributed by atoms with Crippen molar-refractivity contribution in [1.29, 1.82) is 0 Å². The summed E-state index contributed by atoms with van der Waals surface area (Å²) < 4.78 is 172. The van der Waals surface area contributed by atoms with Crippen LogP contribution in [0.3, 0.4) is 0 Å². The molecular weight excluding hydrogens is 973 g/mol. The van der Waals surface area contributed by atoms with Gasteiger partial charge in [0.25, 0.3) is 0 Å². The second kappa shape index (κ2) is 20.7. The van der Waals surface area contributed by atoms with Crippen molar-refractivity contribution < 1.29 is 71.7 Å². The highest BCUT2D eigenvalue weighted by Gasteiger charge is 2.49. The number of piperazine rings is 1. The fraction of sp³-hybridized carbons (Fsp3) is 0.462. The van der Waals surface area contributed by atoms with Gasteiger partial charge in [-0.15, -0.1) is 0 Å². The summed E-state index contributed by atoms with van der Waals surface area (Å²) in [5.74, 6) is -0.0558.